The average Bonchev–Trinajstić information content (AvgIpc) is 3.56. The number of nitrogens with zero attached hydrogens (tertiary/aromatic N) is 5. The van der Waals surface area contributed by atoms with Gasteiger partial charge in [-0.2, -0.15) is 4.52 Å². The van der Waals surface area contributed by atoms with Crippen LogP contribution in [0.5, 0.6) is 17.2 Å². The molecule has 0 saturated carbocycles. The number of nitrogens with one attached hydrogen (secondary N) is 1. The van der Waals surface area contributed by atoms with Crippen molar-refractivity contribution >= 4 is 11.6 Å². The van der Waals surface area contributed by atoms with Gasteiger partial charge in [-0.25, -0.2) is 9.97 Å². The van der Waals surface area contributed by atoms with E-state index < -0.39 is 0 Å². The van der Waals surface area contributed by atoms with E-state index in [2.05, 4.69) is 20.4 Å². The molecule has 5 rings (SSSR count). The maximum atomic E-state index is 5.83. The molecule has 0 aliphatic heterocycles. The zero-order valence-electron chi connectivity index (χ0n) is 18.6. The lowest BCUT2D eigenvalue weighted by Gasteiger charge is -2.12. The third kappa shape index (κ3) is 4.46. The molecule has 0 saturated heterocycles. The minimum atomic E-state index is 0.246. The molecule has 10 heteroatoms. The van der Waals surface area contributed by atoms with Crippen LogP contribution in [-0.4, -0.2) is 38.8 Å². The highest BCUT2D eigenvalue weighted by molar-refractivity contribution is 5.55. The van der Waals surface area contributed by atoms with Crippen LogP contribution in [0.25, 0.3) is 17.2 Å². The second kappa shape index (κ2) is 9.49. The Hall–Kier alpha value is -4.60. The highest BCUT2D eigenvalue weighted by Gasteiger charge is 2.15. The summed E-state index contributed by atoms with van der Waals surface area (Å²) in [6, 6.07) is 14.8. The van der Waals surface area contributed by atoms with Crippen molar-refractivity contribution in [2.75, 3.05) is 19.5 Å². The Balaban J connectivity index is 1.45. The summed E-state index contributed by atoms with van der Waals surface area (Å²) in [5.41, 5.74) is 2.28. The third-order valence-corrected chi connectivity index (χ3v) is 5.04. The number of anilines is 1. The molecule has 0 atom stereocenters. The second-order valence-corrected chi connectivity index (χ2v) is 7.27. The molecule has 4 heterocycles. The Kier molecular flexibility index (Phi) is 5.93. The summed E-state index contributed by atoms with van der Waals surface area (Å²) in [5.74, 6) is 3.53. The van der Waals surface area contributed by atoms with Gasteiger partial charge in [0.15, 0.2) is 22.9 Å². The van der Waals surface area contributed by atoms with Gasteiger partial charge >= 0.3 is 0 Å². The molecule has 1 N–H and O–H groups in total. The van der Waals surface area contributed by atoms with E-state index in [9.17, 15) is 0 Å². The van der Waals surface area contributed by atoms with E-state index in [1.165, 1.54) is 0 Å². The van der Waals surface area contributed by atoms with Crippen LogP contribution >= 0.6 is 0 Å². The predicted molar refractivity (Wildman–Crippen MR) is 124 cm³/mol. The molecule has 0 radical (unpaired) electrons. The van der Waals surface area contributed by atoms with Crippen LogP contribution in [0.4, 0.5) is 5.95 Å². The first-order valence-electron chi connectivity index (χ1n) is 10.5. The zero-order chi connectivity index (χ0) is 23.3. The molecule has 10 nitrogen and oxygen atoms in total. The van der Waals surface area contributed by atoms with Crippen LogP contribution in [0.1, 0.15) is 11.3 Å². The van der Waals surface area contributed by atoms with Crippen LogP contribution < -0.4 is 19.5 Å². The Morgan fingerprint density at radius 2 is 1.91 bits per heavy atom. The summed E-state index contributed by atoms with van der Waals surface area (Å²) in [7, 11) is 3.22. The maximum absolute atomic E-state index is 5.83. The lowest BCUT2D eigenvalue weighted by atomic mass is 10.2. The number of furan rings is 1. The fourth-order valence-corrected chi connectivity index (χ4v) is 3.40. The Morgan fingerprint density at radius 1 is 1.00 bits per heavy atom. The van der Waals surface area contributed by atoms with Gasteiger partial charge in [-0.1, -0.05) is 6.07 Å². The number of benzene rings is 1. The zero-order valence-corrected chi connectivity index (χ0v) is 18.6. The fourth-order valence-electron chi connectivity index (χ4n) is 3.40. The van der Waals surface area contributed by atoms with Gasteiger partial charge in [0, 0.05) is 18.8 Å². The van der Waals surface area contributed by atoms with E-state index in [0.717, 1.165) is 5.56 Å². The van der Waals surface area contributed by atoms with Crippen LogP contribution in [-0.2, 0) is 13.2 Å². The summed E-state index contributed by atoms with van der Waals surface area (Å²) in [5, 5.41) is 7.92. The van der Waals surface area contributed by atoms with Crippen molar-refractivity contribution in [3.8, 4) is 28.8 Å². The number of fused-ring (bicyclic) bond motifs is 1. The van der Waals surface area contributed by atoms with E-state index in [1.807, 2.05) is 42.5 Å². The van der Waals surface area contributed by atoms with E-state index >= 15 is 0 Å². The van der Waals surface area contributed by atoms with Gasteiger partial charge < -0.3 is 23.9 Å². The van der Waals surface area contributed by atoms with E-state index in [0.29, 0.717) is 52.7 Å². The summed E-state index contributed by atoms with van der Waals surface area (Å²) < 4.78 is 23.7. The second-order valence-electron chi connectivity index (χ2n) is 7.27. The first-order chi connectivity index (χ1) is 16.7. The summed E-state index contributed by atoms with van der Waals surface area (Å²) in [6.07, 6.45) is 4.93. The molecule has 5 aromatic rings. The number of ether oxygens (including phenoxy) is 3. The van der Waals surface area contributed by atoms with E-state index in [4.69, 9.17) is 23.6 Å². The smallest absolute Gasteiger partial charge is 0.226 e. The van der Waals surface area contributed by atoms with Crippen molar-refractivity contribution in [2.24, 2.45) is 0 Å². The summed E-state index contributed by atoms with van der Waals surface area (Å²) >= 11 is 0. The molecular formula is C24H22N6O4. The Bertz CT molecular complexity index is 1390. The fraction of sp³-hybridized carbons (Fsp3) is 0.167. The Morgan fingerprint density at radius 3 is 2.68 bits per heavy atom. The van der Waals surface area contributed by atoms with Gasteiger partial charge in [-0.3, -0.25) is 4.98 Å². The third-order valence-electron chi connectivity index (χ3n) is 5.04. The molecule has 0 amide bonds. The van der Waals surface area contributed by atoms with Gasteiger partial charge in [0.1, 0.15) is 12.4 Å². The minimum Gasteiger partial charge on any atom is -0.493 e. The Labute approximate surface area is 195 Å². The number of methoxy groups -OCH3 is 2. The van der Waals surface area contributed by atoms with Gasteiger partial charge in [0.25, 0.3) is 0 Å². The molecule has 1 aromatic carbocycles. The number of aromatic nitrogens is 5. The van der Waals surface area contributed by atoms with Gasteiger partial charge in [-0.15, -0.1) is 5.10 Å². The standard InChI is InChI=1S/C24H22N6O4/c1-31-19-8-7-16(11-21(19)32-2)13-26-24-27-17(15-34-18-5-3-9-25-14-18)12-22-28-23(29-30(22)24)20-6-4-10-33-20/h3-12,14H,13,15H2,1-2H3,(H,26,27). The molecule has 0 spiro atoms. The molecule has 0 unspecified atom stereocenters. The molecule has 172 valence electrons. The quantitative estimate of drug-likeness (QED) is 0.351. The highest BCUT2D eigenvalue weighted by Crippen LogP contribution is 2.28. The van der Waals surface area contributed by atoms with Gasteiger partial charge in [0.2, 0.25) is 11.8 Å². The van der Waals surface area contributed by atoms with Crippen molar-refractivity contribution in [1.29, 1.82) is 0 Å². The molecule has 0 aliphatic rings. The van der Waals surface area contributed by atoms with Crippen molar-refractivity contribution in [3.05, 3.63) is 78.4 Å². The largest absolute Gasteiger partial charge is 0.493 e. The van der Waals surface area contributed by atoms with Crippen LogP contribution in [0.2, 0.25) is 0 Å². The first kappa shape index (κ1) is 21.3. The van der Waals surface area contributed by atoms with Gasteiger partial charge in [-0.05, 0) is 42.0 Å². The number of pyridine rings is 1. The van der Waals surface area contributed by atoms with Crippen molar-refractivity contribution in [3.63, 3.8) is 0 Å². The van der Waals surface area contributed by atoms with E-state index in [-0.39, 0.29) is 6.61 Å². The van der Waals surface area contributed by atoms with Crippen molar-refractivity contribution < 1.29 is 18.6 Å². The highest BCUT2D eigenvalue weighted by atomic mass is 16.5. The average molecular weight is 458 g/mol. The van der Waals surface area contributed by atoms with Crippen LogP contribution in [0.15, 0.2) is 71.6 Å². The topological polar surface area (TPSA) is 109 Å². The minimum absolute atomic E-state index is 0.246. The SMILES string of the molecule is COc1ccc(CNc2nc(COc3cccnc3)cc3nc(-c4ccco4)nn23)cc1OC. The number of hydrogen-bond donors (Lipinski definition) is 1. The lowest BCUT2D eigenvalue weighted by molar-refractivity contribution is 0.300. The molecular weight excluding hydrogens is 436 g/mol. The molecule has 34 heavy (non-hydrogen) atoms. The normalized spacial score (nSPS) is 10.9. The van der Waals surface area contributed by atoms with Crippen molar-refractivity contribution in [1.82, 2.24) is 24.6 Å². The molecule has 0 bridgehead atoms. The monoisotopic (exact) mass is 458 g/mol. The molecule has 4 aromatic heterocycles. The maximum Gasteiger partial charge on any atom is 0.226 e. The molecule has 0 aliphatic carbocycles. The molecule has 0 fully saturated rings. The number of hydrogen-bond acceptors (Lipinski definition) is 9. The number of rotatable bonds is 9. The predicted octanol–water partition coefficient (Wildman–Crippen LogP) is 3.99. The lowest BCUT2D eigenvalue weighted by Crippen LogP contribution is -2.10. The summed E-state index contributed by atoms with van der Waals surface area (Å²) in [4.78, 5) is 13.4. The van der Waals surface area contributed by atoms with Gasteiger partial charge in [0.05, 0.1) is 32.4 Å². The van der Waals surface area contributed by atoms with Crippen LogP contribution in [0.3, 0.4) is 0 Å². The summed E-state index contributed by atoms with van der Waals surface area (Å²) in [6.45, 7) is 0.724. The first-order valence-corrected chi connectivity index (χ1v) is 10.5. The van der Waals surface area contributed by atoms with E-state index in [1.54, 1.807) is 43.5 Å². The van der Waals surface area contributed by atoms with Crippen LogP contribution in [0, 0.1) is 0 Å². The van der Waals surface area contributed by atoms with Crippen molar-refractivity contribution in [2.45, 2.75) is 13.2 Å².